The topological polar surface area (TPSA) is 71.6 Å². The van der Waals surface area contributed by atoms with Gasteiger partial charge in [-0.15, -0.1) is 0 Å². The number of carboxylic acid groups (broad SMARTS) is 1. The number of fused-ring (bicyclic) bond motifs is 1. The standard InChI is InChI=1S/C21H23NO4/c1-4-13-7-5-8-14-17(12-22-20(13)14)16(11-19(23)24)15-9-6-10-18(25-2)21(15)26-3/h5-10,12,16,22H,4,11H2,1-3H3,(H,23,24)/t16-/m0/s1. The van der Waals surface area contributed by atoms with Gasteiger partial charge in [-0.05, 0) is 23.6 Å². The molecule has 0 aliphatic heterocycles. The van der Waals surface area contributed by atoms with Gasteiger partial charge in [-0.25, -0.2) is 0 Å². The Morgan fingerprint density at radius 2 is 1.88 bits per heavy atom. The summed E-state index contributed by atoms with van der Waals surface area (Å²) in [6, 6.07) is 11.7. The van der Waals surface area contributed by atoms with Crippen LogP contribution in [0.15, 0.2) is 42.6 Å². The van der Waals surface area contributed by atoms with E-state index in [2.05, 4.69) is 18.0 Å². The minimum Gasteiger partial charge on any atom is -0.493 e. The van der Waals surface area contributed by atoms with Crippen LogP contribution in [0.3, 0.4) is 0 Å². The summed E-state index contributed by atoms with van der Waals surface area (Å²) >= 11 is 0. The highest BCUT2D eigenvalue weighted by Gasteiger charge is 2.26. The van der Waals surface area contributed by atoms with E-state index < -0.39 is 5.97 Å². The predicted molar refractivity (Wildman–Crippen MR) is 101 cm³/mol. The summed E-state index contributed by atoms with van der Waals surface area (Å²) < 4.78 is 10.9. The maximum atomic E-state index is 11.6. The second-order valence-corrected chi connectivity index (χ2v) is 6.17. The van der Waals surface area contributed by atoms with Crippen LogP contribution in [0.25, 0.3) is 10.9 Å². The highest BCUT2D eigenvalue weighted by molar-refractivity contribution is 5.88. The number of hydrogen-bond donors (Lipinski definition) is 2. The van der Waals surface area contributed by atoms with E-state index in [4.69, 9.17) is 9.47 Å². The molecule has 2 N–H and O–H groups in total. The normalized spacial score (nSPS) is 12.1. The van der Waals surface area contributed by atoms with Gasteiger partial charge in [-0.3, -0.25) is 4.79 Å². The molecule has 0 bridgehead atoms. The number of ether oxygens (including phenoxy) is 2. The van der Waals surface area contributed by atoms with Crippen molar-refractivity contribution in [2.24, 2.45) is 0 Å². The molecule has 1 atom stereocenters. The monoisotopic (exact) mass is 353 g/mol. The number of hydrogen-bond acceptors (Lipinski definition) is 3. The van der Waals surface area contributed by atoms with Gasteiger partial charge < -0.3 is 19.6 Å². The van der Waals surface area contributed by atoms with Crippen molar-refractivity contribution in [3.8, 4) is 11.5 Å². The molecule has 3 rings (SSSR count). The first kappa shape index (κ1) is 17.9. The van der Waals surface area contributed by atoms with Crippen molar-refractivity contribution in [2.45, 2.75) is 25.7 Å². The molecule has 0 fully saturated rings. The zero-order valence-electron chi connectivity index (χ0n) is 15.2. The maximum Gasteiger partial charge on any atom is 0.304 e. The van der Waals surface area contributed by atoms with E-state index in [1.165, 1.54) is 5.56 Å². The Bertz CT molecular complexity index is 929. The van der Waals surface area contributed by atoms with Gasteiger partial charge in [-0.2, -0.15) is 0 Å². The summed E-state index contributed by atoms with van der Waals surface area (Å²) in [6.45, 7) is 2.11. The Labute approximate surface area is 152 Å². The quantitative estimate of drug-likeness (QED) is 0.662. The number of aliphatic carboxylic acids is 1. The lowest BCUT2D eigenvalue weighted by Crippen LogP contribution is -2.09. The number of nitrogens with one attached hydrogen (secondary N) is 1. The van der Waals surface area contributed by atoms with Crippen LogP contribution in [0.1, 0.15) is 36.0 Å². The van der Waals surface area contributed by atoms with E-state index in [1.807, 2.05) is 36.5 Å². The molecule has 5 nitrogen and oxygen atoms in total. The van der Waals surface area contributed by atoms with Crippen LogP contribution < -0.4 is 9.47 Å². The van der Waals surface area contributed by atoms with Crippen molar-refractivity contribution in [1.29, 1.82) is 0 Å². The SMILES string of the molecule is CCc1cccc2c([C@@H](CC(=O)O)c3cccc(OC)c3OC)c[nH]c12. The van der Waals surface area contributed by atoms with Crippen LogP contribution in [0.2, 0.25) is 0 Å². The molecule has 3 aromatic rings. The van der Waals surface area contributed by atoms with Crippen LogP contribution in [0.4, 0.5) is 0 Å². The number of methoxy groups -OCH3 is 2. The summed E-state index contributed by atoms with van der Waals surface area (Å²) in [5, 5.41) is 10.6. The van der Waals surface area contributed by atoms with Gasteiger partial charge in [0.15, 0.2) is 11.5 Å². The minimum absolute atomic E-state index is 0.0349. The molecule has 2 aromatic carbocycles. The third-order valence-electron chi connectivity index (χ3n) is 4.78. The van der Waals surface area contributed by atoms with Gasteiger partial charge in [0.1, 0.15) is 0 Å². The zero-order chi connectivity index (χ0) is 18.7. The van der Waals surface area contributed by atoms with Gasteiger partial charge in [0.05, 0.1) is 20.6 Å². The van der Waals surface area contributed by atoms with Gasteiger partial charge in [0.25, 0.3) is 0 Å². The first-order valence-corrected chi connectivity index (χ1v) is 8.62. The Hall–Kier alpha value is -2.95. The lowest BCUT2D eigenvalue weighted by atomic mass is 9.87. The third kappa shape index (κ3) is 3.12. The van der Waals surface area contributed by atoms with E-state index >= 15 is 0 Å². The molecular formula is C21H23NO4. The van der Waals surface area contributed by atoms with Crippen molar-refractivity contribution >= 4 is 16.9 Å². The molecule has 0 radical (unpaired) electrons. The van der Waals surface area contributed by atoms with Crippen LogP contribution in [-0.2, 0) is 11.2 Å². The first-order chi connectivity index (χ1) is 12.6. The third-order valence-corrected chi connectivity index (χ3v) is 4.78. The van der Waals surface area contributed by atoms with Gasteiger partial charge in [0, 0.05) is 28.6 Å². The summed E-state index contributed by atoms with van der Waals surface area (Å²) in [4.78, 5) is 14.9. The van der Waals surface area contributed by atoms with Gasteiger partial charge in [-0.1, -0.05) is 37.3 Å². The van der Waals surface area contributed by atoms with E-state index in [0.29, 0.717) is 11.5 Å². The second kappa shape index (κ2) is 7.52. The molecule has 5 heteroatoms. The van der Waals surface area contributed by atoms with Gasteiger partial charge >= 0.3 is 5.97 Å². The van der Waals surface area contributed by atoms with Crippen molar-refractivity contribution in [3.63, 3.8) is 0 Å². The van der Waals surface area contributed by atoms with Crippen molar-refractivity contribution in [3.05, 3.63) is 59.3 Å². The van der Waals surface area contributed by atoms with Crippen LogP contribution in [-0.4, -0.2) is 30.3 Å². The zero-order valence-corrected chi connectivity index (χ0v) is 15.2. The molecule has 1 aromatic heterocycles. The summed E-state index contributed by atoms with van der Waals surface area (Å²) in [6.07, 6.45) is 2.78. The average Bonchev–Trinajstić information content (AvgIpc) is 3.09. The van der Waals surface area contributed by atoms with Crippen LogP contribution in [0.5, 0.6) is 11.5 Å². The molecule has 0 amide bonds. The number of aryl methyl sites for hydroxylation is 1. The molecule has 0 aliphatic carbocycles. The molecule has 1 heterocycles. The van der Waals surface area contributed by atoms with Gasteiger partial charge in [0.2, 0.25) is 0 Å². The van der Waals surface area contributed by atoms with E-state index in [1.54, 1.807) is 14.2 Å². The fourth-order valence-corrected chi connectivity index (χ4v) is 3.57. The summed E-state index contributed by atoms with van der Waals surface area (Å²) in [7, 11) is 3.15. The van der Waals surface area contributed by atoms with E-state index in [9.17, 15) is 9.90 Å². The summed E-state index contributed by atoms with van der Waals surface area (Å²) in [5.74, 6) is -0.0454. The molecule has 0 unspecified atom stereocenters. The number of para-hydroxylation sites is 2. The molecular weight excluding hydrogens is 330 g/mol. The number of aromatic amines is 1. The van der Waals surface area contributed by atoms with Crippen LogP contribution >= 0.6 is 0 Å². The molecule has 0 saturated heterocycles. The van der Waals surface area contributed by atoms with Crippen molar-refractivity contribution in [2.75, 3.05) is 14.2 Å². The Kier molecular flexibility index (Phi) is 5.16. The smallest absolute Gasteiger partial charge is 0.304 e. The number of aromatic nitrogens is 1. The average molecular weight is 353 g/mol. The number of carbonyl (C=O) groups is 1. The van der Waals surface area contributed by atoms with Crippen molar-refractivity contribution in [1.82, 2.24) is 4.98 Å². The van der Waals surface area contributed by atoms with Crippen molar-refractivity contribution < 1.29 is 19.4 Å². The lowest BCUT2D eigenvalue weighted by molar-refractivity contribution is -0.137. The lowest BCUT2D eigenvalue weighted by Gasteiger charge is -2.20. The molecule has 26 heavy (non-hydrogen) atoms. The Balaban J connectivity index is 2.22. The fourth-order valence-electron chi connectivity index (χ4n) is 3.57. The number of rotatable bonds is 7. The minimum atomic E-state index is -0.860. The molecule has 136 valence electrons. The van der Waals surface area contributed by atoms with E-state index in [-0.39, 0.29) is 12.3 Å². The number of H-pyrrole nitrogens is 1. The molecule has 0 spiro atoms. The second-order valence-electron chi connectivity index (χ2n) is 6.17. The first-order valence-electron chi connectivity index (χ1n) is 8.62. The largest absolute Gasteiger partial charge is 0.493 e. The summed E-state index contributed by atoms with van der Waals surface area (Å²) in [5.41, 5.74) is 4.02. The number of benzene rings is 2. The predicted octanol–water partition coefficient (Wildman–Crippen LogP) is 4.35. The highest BCUT2D eigenvalue weighted by atomic mass is 16.5. The highest BCUT2D eigenvalue weighted by Crippen LogP contribution is 2.42. The maximum absolute atomic E-state index is 11.6. The Morgan fingerprint density at radius 1 is 1.12 bits per heavy atom. The Morgan fingerprint density at radius 3 is 2.54 bits per heavy atom. The van der Waals surface area contributed by atoms with E-state index in [0.717, 1.165) is 28.5 Å². The fraction of sp³-hybridized carbons (Fsp3) is 0.286. The molecule has 0 aliphatic rings. The molecule has 0 saturated carbocycles. The van der Waals surface area contributed by atoms with Crippen LogP contribution in [0, 0.1) is 0 Å². The number of carboxylic acids is 1.